The van der Waals surface area contributed by atoms with E-state index in [4.69, 9.17) is 0 Å². The molecule has 1 nitrogen and oxygen atoms in total. The highest BCUT2D eigenvalue weighted by atomic mass is 19.1. The lowest BCUT2D eigenvalue weighted by atomic mass is 9.98. The minimum atomic E-state index is -1.24. The topological polar surface area (TPSA) is 17.1 Å². The quantitative estimate of drug-likeness (QED) is 0.604. The molecule has 0 aromatic heterocycles. The molecule has 13 heavy (non-hydrogen) atoms. The molecule has 0 amide bonds. The minimum absolute atomic E-state index is 0.493. The summed E-state index contributed by atoms with van der Waals surface area (Å²) in [5, 5.41) is 0. The number of carbonyl (C=O) groups is 1. The maximum absolute atomic E-state index is 13.8. The van der Waals surface area contributed by atoms with Crippen LogP contribution in [0.15, 0.2) is 18.2 Å². The molecule has 0 radical (unpaired) electrons. The Morgan fingerprint density at radius 1 is 1.54 bits per heavy atom. The van der Waals surface area contributed by atoms with E-state index in [9.17, 15) is 9.18 Å². The van der Waals surface area contributed by atoms with Gasteiger partial charge in [0.05, 0.1) is 0 Å². The van der Waals surface area contributed by atoms with Gasteiger partial charge >= 0.3 is 0 Å². The smallest absolute Gasteiger partial charge is 0.150 e. The predicted molar refractivity (Wildman–Crippen MR) is 48.6 cm³/mol. The third kappa shape index (κ3) is 1.17. The van der Waals surface area contributed by atoms with Crippen molar-refractivity contribution in [2.75, 3.05) is 0 Å². The molecule has 0 spiro atoms. The molecule has 0 N–H and O–H groups in total. The molecule has 0 bridgehead atoms. The van der Waals surface area contributed by atoms with Gasteiger partial charge in [0, 0.05) is 5.56 Å². The van der Waals surface area contributed by atoms with E-state index < -0.39 is 5.67 Å². The van der Waals surface area contributed by atoms with Crippen molar-refractivity contribution < 1.29 is 9.18 Å². The number of fused-ring (bicyclic) bond motifs is 1. The van der Waals surface area contributed by atoms with Gasteiger partial charge in [-0.25, -0.2) is 4.39 Å². The number of hydrogen-bond acceptors (Lipinski definition) is 1. The first-order chi connectivity index (χ1) is 6.15. The second-order valence-electron chi connectivity index (χ2n) is 3.69. The predicted octanol–water partition coefficient (Wildman–Crippen LogP) is 2.63. The molecule has 1 unspecified atom stereocenters. The van der Waals surface area contributed by atoms with Crippen LogP contribution in [0.25, 0.3) is 0 Å². The second kappa shape index (κ2) is 2.66. The van der Waals surface area contributed by atoms with Crippen molar-refractivity contribution in [2.24, 2.45) is 0 Å². The van der Waals surface area contributed by atoms with Gasteiger partial charge in [-0.05, 0) is 30.9 Å². The molecule has 0 heterocycles. The van der Waals surface area contributed by atoms with E-state index >= 15 is 0 Å². The Balaban J connectivity index is 2.62. The van der Waals surface area contributed by atoms with Crippen LogP contribution in [0.4, 0.5) is 4.39 Å². The number of halogens is 1. The van der Waals surface area contributed by atoms with Crippen LogP contribution in [-0.2, 0) is 12.1 Å². The van der Waals surface area contributed by atoms with Gasteiger partial charge in [0.25, 0.3) is 0 Å². The van der Waals surface area contributed by atoms with E-state index in [1.807, 2.05) is 0 Å². The fourth-order valence-electron chi connectivity index (χ4n) is 1.98. The van der Waals surface area contributed by atoms with Gasteiger partial charge in [-0.2, -0.15) is 0 Å². The van der Waals surface area contributed by atoms with Crippen molar-refractivity contribution in [1.82, 2.24) is 0 Å². The molecule has 0 saturated carbocycles. The minimum Gasteiger partial charge on any atom is -0.298 e. The summed E-state index contributed by atoms with van der Waals surface area (Å²) in [5.41, 5.74) is 0.979. The molecular weight excluding hydrogens is 167 g/mol. The number of rotatable bonds is 1. The highest BCUT2D eigenvalue weighted by Crippen LogP contribution is 2.40. The normalized spacial score (nSPS) is 25.7. The standard InChI is InChI=1S/C11H11FO/c1-11(12)6-5-9-8(7-13)3-2-4-10(9)11/h2-4,7H,5-6H2,1H3. The summed E-state index contributed by atoms with van der Waals surface area (Å²) >= 11 is 0. The zero-order valence-electron chi connectivity index (χ0n) is 7.51. The summed E-state index contributed by atoms with van der Waals surface area (Å²) in [6, 6.07) is 5.26. The van der Waals surface area contributed by atoms with Crippen LogP contribution in [-0.4, -0.2) is 6.29 Å². The van der Waals surface area contributed by atoms with Crippen molar-refractivity contribution in [3.05, 3.63) is 34.9 Å². The Kier molecular flexibility index (Phi) is 1.72. The Labute approximate surface area is 76.6 Å². The lowest BCUT2D eigenvalue weighted by molar-refractivity contribution is 0.112. The van der Waals surface area contributed by atoms with Gasteiger partial charge in [-0.15, -0.1) is 0 Å². The Morgan fingerprint density at radius 2 is 2.31 bits per heavy atom. The summed E-state index contributed by atoms with van der Waals surface area (Å²) in [6.07, 6.45) is 1.98. The first-order valence-electron chi connectivity index (χ1n) is 4.41. The van der Waals surface area contributed by atoms with E-state index in [2.05, 4.69) is 0 Å². The number of carbonyl (C=O) groups excluding carboxylic acids is 1. The average Bonchev–Trinajstić information content (AvgIpc) is 2.43. The molecule has 68 valence electrons. The first kappa shape index (κ1) is 8.42. The average molecular weight is 178 g/mol. The van der Waals surface area contributed by atoms with Gasteiger partial charge in [-0.3, -0.25) is 4.79 Å². The molecule has 2 rings (SSSR count). The lowest BCUT2D eigenvalue weighted by Gasteiger charge is -2.13. The fourth-order valence-corrected chi connectivity index (χ4v) is 1.98. The molecule has 1 atom stereocenters. The van der Waals surface area contributed by atoms with Crippen LogP contribution in [0.5, 0.6) is 0 Å². The number of benzene rings is 1. The third-order valence-electron chi connectivity index (χ3n) is 2.75. The largest absolute Gasteiger partial charge is 0.298 e. The van der Waals surface area contributed by atoms with E-state index in [1.165, 1.54) is 0 Å². The van der Waals surface area contributed by atoms with Crippen LogP contribution in [0, 0.1) is 0 Å². The van der Waals surface area contributed by atoms with Crippen LogP contribution in [0.2, 0.25) is 0 Å². The third-order valence-corrected chi connectivity index (χ3v) is 2.75. The Morgan fingerprint density at radius 3 is 3.00 bits per heavy atom. The van der Waals surface area contributed by atoms with Crippen molar-refractivity contribution in [1.29, 1.82) is 0 Å². The van der Waals surface area contributed by atoms with Crippen molar-refractivity contribution >= 4 is 6.29 Å². The summed E-state index contributed by atoms with van der Waals surface area (Å²) in [7, 11) is 0. The molecule has 0 saturated heterocycles. The summed E-state index contributed by atoms with van der Waals surface area (Å²) < 4.78 is 13.8. The van der Waals surface area contributed by atoms with Gasteiger partial charge in [0.2, 0.25) is 0 Å². The van der Waals surface area contributed by atoms with Gasteiger partial charge in [-0.1, -0.05) is 18.2 Å². The molecule has 0 fully saturated rings. The van der Waals surface area contributed by atoms with Crippen molar-refractivity contribution in [3.63, 3.8) is 0 Å². The zero-order valence-corrected chi connectivity index (χ0v) is 7.51. The number of aldehydes is 1. The van der Waals surface area contributed by atoms with E-state index in [0.29, 0.717) is 24.0 Å². The van der Waals surface area contributed by atoms with Crippen molar-refractivity contribution in [2.45, 2.75) is 25.4 Å². The molecular formula is C11H11FO. The van der Waals surface area contributed by atoms with Crippen LogP contribution in [0.1, 0.15) is 34.8 Å². The highest BCUT2D eigenvalue weighted by Gasteiger charge is 2.34. The molecule has 1 aliphatic rings. The van der Waals surface area contributed by atoms with E-state index in [1.54, 1.807) is 25.1 Å². The van der Waals surface area contributed by atoms with Crippen LogP contribution in [0.3, 0.4) is 0 Å². The SMILES string of the molecule is CC1(F)CCc2c(C=O)cccc21. The van der Waals surface area contributed by atoms with Crippen molar-refractivity contribution in [3.8, 4) is 0 Å². The van der Waals surface area contributed by atoms with Gasteiger partial charge in [0.15, 0.2) is 0 Å². The molecule has 1 aliphatic carbocycles. The number of alkyl halides is 1. The van der Waals surface area contributed by atoms with Gasteiger partial charge < -0.3 is 0 Å². The summed E-state index contributed by atoms with van der Waals surface area (Å²) in [4.78, 5) is 10.7. The Bertz CT molecular complexity index is 355. The molecule has 0 aliphatic heterocycles. The lowest BCUT2D eigenvalue weighted by Crippen LogP contribution is -2.09. The molecule has 1 aromatic carbocycles. The summed E-state index contributed by atoms with van der Waals surface area (Å²) in [5.74, 6) is 0. The first-order valence-corrected chi connectivity index (χ1v) is 4.41. The number of hydrogen-bond donors (Lipinski definition) is 0. The maximum Gasteiger partial charge on any atom is 0.150 e. The zero-order chi connectivity index (χ0) is 9.47. The second-order valence-corrected chi connectivity index (χ2v) is 3.69. The highest BCUT2D eigenvalue weighted by molar-refractivity contribution is 5.78. The van der Waals surface area contributed by atoms with E-state index in [-0.39, 0.29) is 0 Å². The molecule has 2 heteroatoms. The van der Waals surface area contributed by atoms with E-state index in [0.717, 1.165) is 11.8 Å². The molecule has 1 aromatic rings. The maximum atomic E-state index is 13.8. The monoisotopic (exact) mass is 178 g/mol. The summed E-state index contributed by atoms with van der Waals surface area (Å²) in [6.45, 7) is 1.58. The van der Waals surface area contributed by atoms with Gasteiger partial charge in [0.1, 0.15) is 12.0 Å². The van der Waals surface area contributed by atoms with Crippen LogP contribution < -0.4 is 0 Å². The van der Waals surface area contributed by atoms with Crippen LogP contribution >= 0.6 is 0 Å². The fraction of sp³-hybridized carbons (Fsp3) is 0.364. The Hall–Kier alpha value is -1.18.